The van der Waals surface area contributed by atoms with Crippen molar-refractivity contribution >= 4 is 29.9 Å². The molecule has 2 N–H and O–H groups in total. The number of rotatable bonds is 5. The number of hydrogen-bond donors (Lipinski definition) is 1. The maximum Gasteiger partial charge on any atom is 0.191 e. The summed E-state index contributed by atoms with van der Waals surface area (Å²) in [4.78, 5) is 6.57. The van der Waals surface area contributed by atoms with Gasteiger partial charge in [-0.05, 0) is 13.8 Å². The van der Waals surface area contributed by atoms with Crippen LogP contribution >= 0.6 is 24.0 Å². The molecule has 0 radical (unpaired) electrons. The van der Waals surface area contributed by atoms with Gasteiger partial charge in [-0.3, -0.25) is 4.68 Å². The number of morpholine rings is 1. The molecule has 8 heteroatoms. The molecule has 126 valence electrons. The SMILES string of the molecule is COCCn1nc(C)c(CN=C(N)N2CCOCC2)c1C.I. The number of aromatic nitrogens is 2. The van der Waals surface area contributed by atoms with Crippen molar-refractivity contribution in [1.82, 2.24) is 14.7 Å². The number of halogens is 1. The summed E-state index contributed by atoms with van der Waals surface area (Å²) in [5, 5.41) is 4.53. The van der Waals surface area contributed by atoms with Crippen LogP contribution in [-0.2, 0) is 22.6 Å². The Morgan fingerprint density at radius 3 is 2.68 bits per heavy atom. The second kappa shape index (κ2) is 9.31. The van der Waals surface area contributed by atoms with Gasteiger partial charge in [0.1, 0.15) is 0 Å². The number of nitrogens with two attached hydrogens (primary N) is 1. The fourth-order valence-corrected chi connectivity index (χ4v) is 2.41. The van der Waals surface area contributed by atoms with Crippen LogP contribution in [0, 0.1) is 13.8 Å². The molecule has 2 rings (SSSR count). The summed E-state index contributed by atoms with van der Waals surface area (Å²) in [5.74, 6) is 0.585. The number of nitrogens with zero attached hydrogens (tertiary/aromatic N) is 4. The minimum atomic E-state index is 0. The van der Waals surface area contributed by atoms with E-state index in [1.165, 1.54) is 0 Å². The number of aryl methyl sites for hydroxylation is 1. The zero-order valence-corrected chi connectivity index (χ0v) is 15.9. The first kappa shape index (κ1) is 19.2. The van der Waals surface area contributed by atoms with Gasteiger partial charge in [-0.2, -0.15) is 5.10 Å². The minimum absolute atomic E-state index is 0. The van der Waals surface area contributed by atoms with E-state index in [0.29, 0.717) is 32.3 Å². The Hall–Kier alpha value is -0.870. The number of guanidine groups is 1. The Morgan fingerprint density at radius 1 is 1.36 bits per heavy atom. The van der Waals surface area contributed by atoms with Crippen LogP contribution in [0.1, 0.15) is 17.0 Å². The van der Waals surface area contributed by atoms with Crippen LogP contribution in [0.15, 0.2) is 4.99 Å². The highest BCUT2D eigenvalue weighted by Crippen LogP contribution is 2.14. The van der Waals surface area contributed by atoms with Crippen molar-refractivity contribution in [2.45, 2.75) is 26.9 Å². The standard InChI is InChI=1S/C14H25N5O2.HI/c1-11-13(12(2)19(17-11)6-7-20-3)10-16-14(15)18-4-8-21-9-5-18;/h4-10H2,1-3H3,(H2,15,16);1H. The van der Waals surface area contributed by atoms with Gasteiger partial charge >= 0.3 is 0 Å². The van der Waals surface area contributed by atoms with Gasteiger partial charge < -0.3 is 20.1 Å². The highest BCUT2D eigenvalue weighted by molar-refractivity contribution is 14.0. The third-order valence-electron chi connectivity index (χ3n) is 3.77. The molecular weight excluding hydrogens is 397 g/mol. The molecular formula is C14H26IN5O2. The lowest BCUT2D eigenvalue weighted by Crippen LogP contribution is -2.44. The first-order valence-electron chi connectivity index (χ1n) is 7.28. The van der Waals surface area contributed by atoms with Crippen LogP contribution in [-0.4, -0.2) is 60.7 Å². The van der Waals surface area contributed by atoms with Gasteiger partial charge in [-0.15, -0.1) is 24.0 Å². The summed E-state index contributed by atoms with van der Waals surface area (Å²) < 4.78 is 12.4. The molecule has 7 nitrogen and oxygen atoms in total. The zero-order chi connectivity index (χ0) is 15.2. The fraction of sp³-hybridized carbons (Fsp3) is 0.714. The van der Waals surface area contributed by atoms with Crippen LogP contribution in [0.25, 0.3) is 0 Å². The number of aliphatic imine (C=N–C) groups is 1. The molecule has 2 heterocycles. The van der Waals surface area contributed by atoms with Gasteiger partial charge in [-0.1, -0.05) is 0 Å². The van der Waals surface area contributed by atoms with Gasteiger partial charge in [0.25, 0.3) is 0 Å². The number of methoxy groups -OCH3 is 1. The lowest BCUT2D eigenvalue weighted by molar-refractivity contribution is 0.0674. The van der Waals surface area contributed by atoms with E-state index in [-0.39, 0.29) is 24.0 Å². The molecule has 1 fully saturated rings. The first-order chi connectivity index (χ1) is 10.1. The lowest BCUT2D eigenvalue weighted by Gasteiger charge is -2.27. The van der Waals surface area contributed by atoms with Crippen molar-refractivity contribution in [3.63, 3.8) is 0 Å². The first-order valence-corrected chi connectivity index (χ1v) is 7.28. The third kappa shape index (κ3) is 4.82. The van der Waals surface area contributed by atoms with Crippen molar-refractivity contribution in [2.75, 3.05) is 40.0 Å². The number of ether oxygens (including phenoxy) is 2. The van der Waals surface area contributed by atoms with Crippen LogP contribution in [0.3, 0.4) is 0 Å². The molecule has 22 heavy (non-hydrogen) atoms. The average Bonchev–Trinajstić information content (AvgIpc) is 2.78. The van der Waals surface area contributed by atoms with Crippen LogP contribution in [0.4, 0.5) is 0 Å². The topological polar surface area (TPSA) is 77.9 Å². The quantitative estimate of drug-likeness (QED) is 0.433. The predicted octanol–water partition coefficient (Wildman–Crippen LogP) is 0.911. The fourth-order valence-electron chi connectivity index (χ4n) is 2.41. The molecule has 1 aromatic rings. The molecule has 0 unspecified atom stereocenters. The van der Waals surface area contributed by atoms with E-state index in [1.54, 1.807) is 7.11 Å². The molecule has 1 saturated heterocycles. The summed E-state index contributed by atoms with van der Waals surface area (Å²) in [5.41, 5.74) is 9.33. The Labute approximate surface area is 148 Å². The summed E-state index contributed by atoms with van der Waals surface area (Å²) in [6.45, 7) is 9.07. The summed E-state index contributed by atoms with van der Waals surface area (Å²) >= 11 is 0. The largest absolute Gasteiger partial charge is 0.383 e. The third-order valence-corrected chi connectivity index (χ3v) is 3.77. The van der Waals surface area contributed by atoms with E-state index in [4.69, 9.17) is 15.2 Å². The van der Waals surface area contributed by atoms with E-state index in [2.05, 4.69) is 21.9 Å². The predicted molar refractivity (Wildman–Crippen MR) is 96.7 cm³/mol. The molecule has 0 saturated carbocycles. The smallest absolute Gasteiger partial charge is 0.191 e. The number of hydrogen-bond acceptors (Lipinski definition) is 4. The molecule has 0 atom stereocenters. The van der Waals surface area contributed by atoms with E-state index in [0.717, 1.165) is 36.6 Å². The lowest BCUT2D eigenvalue weighted by atomic mass is 10.2. The van der Waals surface area contributed by atoms with Gasteiger partial charge in [0, 0.05) is 31.5 Å². The van der Waals surface area contributed by atoms with Crippen LogP contribution in [0.2, 0.25) is 0 Å². The van der Waals surface area contributed by atoms with Crippen molar-refractivity contribution in [3.8, 4) is 0 Å². The second-order valence-corrected chi connectivity index (χ2v) is 5.14. The van der Waals surface area contributed by atoms with E-state index < -0.39 is 0 Å². The van der Waals surface area contributed by atoms with E-state index >= 15 is 0 Å². The van der Waals surface area contributed by atoms with Crippen molar-refractivity contribution < 1.29 is 9.47 Å². The highest BCUT2D eigenvalue weighted by atomic mass is 127. The molecule has 0 spiro atoms. The van der Waals surface area contributed by atoms with Crippen molar-refractivity contribution in [2.24, 2.45) is 10.7 Å². The van der Waals surface area contributed by atoms with E-state index in [1.807, 2.05) is 11.6 Å². The molecule has 0 bridgehead atoms. The van der Waals surface area contributed by atoms with Crippen molar-refractivity contribution in [1.29, 1.82) is 0 Å². The van der Waals surface area contributed by atoms with Crippen molar-refractivity contribution in [3.05, 3.63) is 17.0 Å². The second-order valence-electron chi connectivity index (χ2n) is 5.14. The Balaban J connectivity index is 0.00000242. The molecule has 0 amide bonds. The molecule has 1 aliphatic heterocycles. The molecule has 0 aromatic carbocycles. The summed E-state index contributed by atoms with van der Waals surface area (Å²) in [7, 11) is 1.69. The van der Waals surface area contributed by atoms with Gasteiger partial charge in [-0.25, -0.2) is 4.99 Å². The zero-order valence-electron chi connectivity index (χ0n) is 13.5. The van der Waals surface area contributed by atoms with Gasteiger partial charge in [0.2, 0.25) is 0 Å². The van der Waals surface area contributed by atoms with Crippen LogP contribution in [0.5, 0.6) is 0 Å². The Kier molecular flexibility index (Phi) is 8.12. The van der Waals surface area contributed by atoms with Gasteiger partial charge in [0.15, 0.2) is 5.96 Å². The van der Waals surface area contributed by atoms with Gasteiger partial charge in [0.05, 0.1) is 38.6 Å². The molecule has 1 aromatic heterocycles. The maximum atomic E-state index is 6.06. The monoisotopic (exact) mass is 423 g/mol. The summed E-state index contributed by atoms with van der Waals surface area (Å²) in [6, 6.07) is 0. The molecule has 1 aliphatic rings. The summed E-state index contributed by atoms with van der Waals surface area (Å²) in [6.07, 6.45) is 0. The normalized spacial score (nSPS) is 15.8. The average molecular weight is 423 g/mol. The van der Waals surface area contributed by atoms with Crippen LogP contribution < -0.4 is 5.73 Å². The Bertz CT molecular complexity index is 498. The Morgan fingerprint density at radius 2 is 2.05 bits per heavy atom. The molecule has 0 aliphatic carbocycles. The maximum absolute atomic E-state index is 6.06. The highest BCUT2D eigenvalue weighted by Gasteiger charge is 2.14. The van der Waals surface area contributed by atoms with E-state index in [9.17, 15) is 0 Å². The minimum Gasteiger partial charge on any atom is -0.383 e.